The molecule has 4 aromatic carbocycles. The van der Waals surface area contributed by atoms with E-state index in [0.717, 1.165) is 25.7 Å². The van der Waals surface area contributed by atoms with Crippen LogP contribution in [0.1, 0.15) is 44.5 Å². The number of hydrogen-bond donors (Lipinski definition) is 0. The van der Waals surface area contributed by atoms with Crippen LogP contribution in [0.5, 0.6) is 0 Å². The van der Waals surface area contributed by atoms with Gasteiger partial charge in [0, 0.05) is 26.2 Å². The third kappa shape index (κ3) is 3.30. The van der Waals surface area contributed by atoms with E-state index in [9.17, 15) is 0 Å². The van der Waals surface area contributed by atoms with Crippen molar-refractivity contribution in [2.24, 2.45) is 0 Å². The van der Waals surface area contributed by atoms with E-state index in [2.05, 4.69) is 86.6 Å². The molecule has 0 spiro atoms. The second-order valence-electron chi connectivity index (χ2n) is 8.94. The van der Waals surface area contributed by atoms with Gasteiger partial charge in [-0.2, -0.15) is 0 Å². The minimum atomic E-state index is 0. The van der Waals surface area contributed by atoms with Crippen molar-refractivity contribution in [3.63, 3.8) is 0 Å². The first-order chi connectivity index (χ1) is 14.7. The summed E-state index contributed by atoms with van der Waals surface area (Å²) in [5.41, 5.74) is 17.8. The van der Waals surface area contributed by atoms with Crippen LogP contribution in [0, 0.1) is 13.8 Å². The van der Waals surface area contributed by atoms with E-state index >= 15 is 0 Å². The molecular weight excluding hydrogens is 452 g/mol. The summed E-state index contributed by atoms with van der Waals surface area (Å²) in [6, 6.07) is 27.2. The molecule has 0 bridgehead atoms. The number of aryl methyl sites for hydroxylation is 3. The van der Waals surface area contributed by atoms with Crippen LogP contribution in [0.2, 0.25) is 0 Å². The predicted molar refractivity (Wildman–Crippen MR) is 126 cm³/mol. The molecule has 0 saturated carbocycles. The fraction of sp³-hybridized carbons (Fsp3) is 0.200. The Kier molecular flexibility index (Phi) is 5.35. The second kappa shape index (κ2) is 8.03. The summed E-state index contributed by atoms with van der Waals surface area (Å²) in [5.74, 6) is 0. The molecule has 0 N–H and O–H groups in total. The number of hydrogen-bond acceptors (Lipinski definition) is 0. The maximum absolute atomic E-state index is 2.37. The van der Waals surface area contributed by atoms with Crippen molar-refractivity contribution in [2.75, 3.05) is 0 Å². The molecule has 0 nitrogen and oxygen atoms in total. The molecule has 6 rings (SSSR count). The molecule has 0 aliphatic heterocycles. The zero-order chi connectivity index (χ0) is 20.2. The number of benzene rings is 4. The van der Waals surface area contributed by atoms with Crippen molar-refractivity contribution in [3.8, 4) is 22.3 Å². The smallest absolute Gasteiger partial charge is 0 e. The number of fused-ring (bicyclic) bond motifs is 6. The molecule has 0 fully saturated rings. The van der Waals surface area contributed by atoms with Gasteiger partial charge in [-0.25, -0.2) is 0 Å². The van der Waals surface area contributed by atoms with Gasteiger partial charge >= 0.3 is 0 Å². The number of rotatable bonds is 3. The van der Waals surface area contributed by atoms with E-state index in [1.807, 2.05) is 0 Å². The van der Waals surface area contributed by atoms with Crippen molar-refractivity contribution >= 4 is 0 Å². The fourth-order valence-electron chi connectivity index (χ4n) is 5.68. The van der Waals surface area contributed by atoms with Gasteiger partial charge in [-0.05, 0) is 106 Å². The van der Waals surface area contributed by atoms with E-state index < -0.39 is 0 Å². The second-order valence-corrected chi connectivity index (χ2v) is 8.94. The molecule has 150 valence electrons. The van der Waals surface area contributed by atoms with E-state index in [1.165, 1.54) is 61.2 Å². The molecule has 0 atom stereocenters. The van der Waals surface area contributed by atoms with Crippen LogP contribution in [0.4, 0.5) is 0 Å². The fourth-order valence-corrected chi connectivity index (χ4v) is 5.68. The summed E-state index contributed by atoms with van der Waals surface area (Å²) in [5, 5.41) is 0. The van der Waals surface area contributed by atoms with Crippen LogP contribution in [0.15, 0.2) is 72.8 Å². The Balaban J connectivity index is 0.00000204. The maximum Gasteiger partial charge on any atom is 0 e. The van der Waals surface area contributed by atoms with Gasteiger partial charge in [0.25, 0.3) is 0 Å². The van der Waals surface area contributed by atoms with Gasteiger partial charge in [-0.15, -0.1) is 0 Å². The third-order valence-electron chi connectivity index (χ3n) is 7.32. The van der Waals surface area contributed by atoms with Crippen LogP contribution in [-0.2, 0) is 51.9 Å². The summed E-state index contributed by atoms with van der Waals surface area (Å²) < 4.78 is 0. The average molecular weight is 478 g/mol. The van der Waals surface area contributed by atoms with Gasteiger partial charge in [-0.1, -0.05) is 72.8 Å². The molecule has 0 radical (unpaired) electrons. The predicted octanol–water partition coefficient (Wildman–Crippen LogP) is 7.23. The zero-order valence-electron chi connectivity index (χ0n) is 18.3. The van der Waals surface area contributed by atoms with Crippen LogP contribution in [0.25, 0.3) is 22.3 Å². The van der Waals surface area contributed by atoms with Crippen LogP contribution in [-0.4, -0.2) is 0 Å². The molecule has 0 aromatic heterocycles. The van der Waals surface area contributed by atoms with Gasteiger partial charge in [0.1, 0.15) is 0 Å². The zero-order valence-corrected chi connectivity index (χ0v) is 20.7. The third-order valence-corrected chi connectivity index (χ3v) is 7.32. The van der Waals surface area contributed by atoms with Crippen molar-refractivity contribution in [1.82, 2.24) is 0 Å². The summed E-state index contributed by atoms with van der Waals surface area (Å²) in [6.07, 6.45) is 4.39. The molecule has 0 saturated heterocycles. The Morgan fingerprint density at radius 3 is 2.00 bits per heavy atom. The van der Waals surface area contributed by atoms with Crippen molar-refractivity contribution in [1.29, 1.82) is 0 Å². The Morgan fingerprint density at radius 1 is 0.581 bits per heavy atom. The normalized spacial score (nSPS) is 12.6. The standard InChI is InChI=1S/C30H26.Zr/c1-19-11-12-22(29-18-24-8-4-6-10-26(24)30(19)29)14-13-21-15-16-27-25-9-5-3-7-23(25)17-28(27)20(21)2;/h3-12,15-16H,13-14,17-18H2,1-2H3;. The van der Waals surface area contributed by atoms with E-state index in [-0.39, 0.29) is 26.2 Å². The molecule has 0 unspecified atom stereocenters. The minimum absolute atomic E-state index is 0. The molecule has 1 heteroatoms. The Morgan fingerprint density at radius 2 is 1.19 bits per heavy atom. The molecular formula is C30H26Zr. The average Bonchev–Trinajstić information content (AvgIpc) is 3.34. The van der Waals surface area contributed by atoms with Crippen molar-refractivity contribution in [3.05, 3.63) is 117 Å². The monoisotopic (exact) mass is 476 g/mol. The van der Waals surface area contributed by atoms with Crippen LogP contribution in [0.3, 0.4) is 0 Å². The van der Waals surface area contributed by atoms with E-state index in [4.69, 9.17) is 0 Å². The topological polar surface area (TPSA) is 0 Å². The molecule has 4 aromatic rings. The molecule has 31 heavy (non-hydrogen) atoms. The van der Waals surface area contributed by atoms with Gasteiger partial charge in [0.15, 0.2) is 0 Å². The maximum atomic E-state index is 2.37. The van der Waals surface area contributed by atoms with E-state index in [0.29, 0.717) is 0 Å². The summed E-state index contributed by atoms with van der Waals surface area (Å²) >= 11 is 0. The quantitative estimate of drug-likeness (QED) is 0.252. The van der Waals surface area contributed by atoms with Crippen molar-refractivity contribution in [2.45, 2.75) is 39.5 Å². The van der Waals surface area contributed by atoms with Gasteiger partial charge in [0.2, 0.25) is 0 Å². The minimum Gasteiger partial charge on any atom is -0.0619 e. The summed E-state index contributed by atoms with van der Waals surface area (Å²) in [6.45, 7) is 4.59. The van der Waals surface area contributed by atoms with Crippen LogP contribution >= 0.6 is 0 Å². The van der Waals surface area contributed by atoms with E-state index in [1.54, 1.807) is 5.56 Å². The first-order valence-corrected chi connectivity index (χ1v) is 11.1. The Hall–Kier alpha value is -2.24. The SMILES string of the molecule is Cc1ccc(CCc2ccc3c(c2C)Cc2ccccc2-3)c2c1-c1ccccc1C2.[Zr]. The molecule has 0 heterocycles. The Bertz CT molecular complexity index is 1310. The first kappa shape index (κ1) is 20.7. The largest absolute Gasteiger partial charge is 0.0619 e. The van der Waals surface area contributed by atoms with Gasteiger partial charge in [-0.3, -0.25) is 0 Å². The van der Waals surface area contributed by atoms with Crippen molar-refractivity contribution < 1.29 is 26.2 Å². The van der Waals surface area contributed by atoms with Gasteiger partial charge < -0.3 is 0 Å². The Labute approximate surface area is 204 Å². The first-order valence-electron chi connectivity index (χ1n) is 11.1. The van der Waals surface area contributed by atoms with Gasteiger partial charge in [0.05, 0.1) is 0 Å². The molecule has 2 aliphatic rings. The van der Waals surface area contributed by atoms with Crippen LogP contribution < -0.4 is 0 Å². The molecule has 0 amide bonds. The summed E-state index contributed by atoms with van der Waals surface area (Å²) in [4.78, 5) is 0. The molecule has 2 aliphatic carbocycles. The summed E-state index contributed by atoms with van der Waals surface area (Å²) in [7, 11) is 0.